The number of benzene rings is 1. The number of nitrogens with one attached hydrogen (secondary N) is 1. The van der Waals surface area contributed by atoms with Gasteiger partial charge in [-0.3, -0.25) is 0 Å². The minimum atomic E-state index is -0.0799. The van der Waals surface area contributed by atoms with E-state index in [2.05, 4.69) is 10.5 Å². The van der Waals surface area contributed by atoms with Gasteiger partial charge in [0.05, 0.1) is 6.04 Å². The lowest BCUT2D eigenvalue weighted by Crippen LogP contribution is -2.34. The summed E-state index contributed by atoms with van der Waals surface area (Å²) in [5, 5.41) is 7.01. The molecule has 1 aromatic carbocycles. The maximum Gasteiger partial charge on any atom is 0.322 e. The fraction of sp³-hybridized carbons (Fsp3) is 0.375. The predicted molar refractivity (Wildman–Crippen MR) is 80.1 cm³/mol. The zero-order chi connectivity index (χ0) is 14.8. The molecule has 1 aromatic heterocycles. The number of likely N-dealkylation sites (tertiary alicyclic amines) is 1. The summed E-state index contributed by atoms with van der Waals surface area (Å²) in [6.07, 6.45) is 1.91. The van der Waals surface area contributed by atoms with Gasteiger partial charge in [-0.25, -0.2) is 4.79 Å². The first kappa shape index (κ1) is 13.7. The molecule has 2 amide bonds. The number of aromatic nitrogens is 1. The van der Waals surface area contributed by atoms with E-state index in [0.29, 0.717) is 0 Å². The minimum Gasteiger partial charge on any atom is -0.361 e. The van der Waals surface area contributed by atoms with E-state index in [-0.39, 0.29) is 12.1 Å². The molecular weight excluding hydrogens is 266 g/mol. The standard InChI is InChI=1S/C16H19N3O2/c1-11-5-3-6-13(9-11)17-16(20)19-8-4-7-15(19)14-10-12(2)21-18-14/h3,5-6,9-10,15H,4,7-8H2,1-2H3,(H,17,20)/t15-/m0/s1. The molecule has 0 saturated carbocycles. The van der Waals surface area contributed by atoms with Crippen LogP contribution in [0.3, 0.4) is 0 Å². The van der Waals surface area contributed by atoms with Gasteiger partial charge in [-0.2, -0.15) is 0 Å². The Balaban J connectivity index is 1.74. The maximum absolute atomic E-state index is 12.5. The minimum absolute atomic E-state index is 0.00672. The molecule has 5 heteroatoms. The van der Waals surface area contributed by atoms with E-state index >= 15 is 0 Å². The number of aryl methyl sites for hydroxylation is 2. The molecule has 1 N–H and O–H groups in total. The first-order valence-corrected chi connectivity index (χ1v) is 7.21. The van der Waals surface area contributed by atoms with E-state index in [1.54, 1.807) is 0 Å². The molecule has 110 valence electrons. The molecule has 2 heterocycles. The molecule has 0 bridgehead atoms. The van der Waals surface area contributed by atoms with Crippen molar-refractivity contribution < 1.29 is 9.32 Å². The van der Waals surface area contributed by atoms with E-state index in [9.17, 15) is 4.79 Å². The van der Waals surface area contributed by atoms with E-state index in [1.165, 1.54) is 0 Å². The van der Waals surface area contributed by atoms with Crippen molar-refractivity contribution in [3.05, 3.63) is 47.3 Å². The summed E-state index contributed by atoms with van der Waals surface area (Å²) >= 11 is 0. The topological polar surface area (TPSA) is 58.4 Å². The fourth-order valence-corrected chi connectivity index (χ4v) is 2.78. The average Bonchev–Trinajstić information content (AvgIpc) is 3.06. The maximum atomic E-state index is 12.5. The molecule has 0 aliphatic carbocycles. The van der Waals surface area contributed by atoms with Crippen LogP contribution in [0.25, 0.3) is 0 Å². The van der Waals surface area contributed by atoms with Crippen LogP contribution in [0.1, 0.15) is 35.9 Å². The first-order valence-electron chi connectivity index (χ1n) is 7.21. The van der Waals surface area contributed by atoms with Crippen LogP contribution >= 0.6 is 0 Å². The zero-order valence-electron chi connectivity index (χ0n) is 12.3. The van der Waals surface area contributed by atoms with Crippen LogP contribution in [-0.4, -0.2) is 22.6 Å². The van der Waals surface area contributed by atoms with Gasteiger partial charge in [-0.1, -0.05) is 17.3 Å². The van der Waals surface area contributed by atoms with Crippen LogP contribution in [0.4, 0.5) is 10.5 Å². The number of carbonyl (C=O) groups is 1. The summed E-state index contributed by atoms with van der Waals surface area (Å²) in [5.41, 5.74) is 2.78. The van der Waals surface area contributed by atoms with Crippen LogP contribution in [0, 0.1) is 13.8 Å². The Morgan fingerprint density at radius 3 is 2.95 bits per heavy atom. The predicted octanol–water partition coefficient (Wildman–Crippen LogP) is 3.66. The smallest absolute Gasteiger partial charge is 0.322 e. The molecule has 21 heavy (non-hydrogen) atoms. The molecule has 3 rings (SSSR count). The van der Waals surface area contributed by atoms with Crippen molar-refractivity contribution >= 4 is 11.7 Å². The van der Waals surface area contributed by atoms with Gasteiger partial charge in [0, 0.05) is 18.3 Å². The van der Waals surface area contributed by atoms with Crippen molar-refractivity contribution in [2.24, 2.45) is 0 Å². The highest BCUT2D eigenvalue weighted by molar-refractivity contribution is 5.89. The van der Waals surface area contributed by atoms with Crippen LogP contribution in [0.15, 0.2) is 34.9 Å². The number of rotatable bonds is 2. The Morgan fingerprint density at radius 1 is 1.38 bits per heavy atom. The Kier molecular flexibility index (Phi) is 3.64. The third-order valence-electron chi connectivity index (χ3n) is 3.77. The highest BCUT2D eigenvalue weighted by Gasteiger charge is 2.32. The van der Waals surface area contributed by atoms with Gasteiger partial charge in [0.15, 0.2) is 0 Å². The number of nitrogens with zero attached hydrogens (tertiary/aromatic N) is 2. The highest BCUT2D eigenvalue weighted by Crippen LogP contribution is 2.32. The molecule has 5 nitrogen and oxygen atoms in total. The average molecular weight is 285 g/mol. The summed E-state index contributed by atoms with van der Waals surface area (Å²) in [6.45, 7) is 4.61. The van der Waals surface area contributed by atoms with Crippen LogP contribution in [0.5, 0.6) is 0 Å². The second-order valence-corrected chi connectivity index (χ2v) is 5.51. The van der Waals surface area contributed by atoms with Crippen molar-refractivity contribution in [3.8, 4) is 0 Å². The normalized spacial score (nSPS) is 18.0. The van der Waals surface area contributed by atoms with Gasteiger partial charge >= 0.3 is 6.03 Å². The van der Waals surface area contributed by atoms with Crippen LogP contribution < -0.4 is 5.32 Å². The lowest BCUT2D eigenvalue weighted by molar-refractivity contribution is 0.204. The van der Waals surface area contributed by atoms with Crippen molar-refractivity contribution in [1.82, 2.24) is 10.1 Å². The van der Waals surface area contributed by atoms with Gasteiger partial charge < -0.3 is 14.7 Å². The lowest BCUT2D eigenvalue weighted by Gasteiger charge is -2.23. The molecule has 0 radical (unpaired) electrons. The quantitative estimate of drug-likeness (QED) is 0.916. The number of amides is 2. The summed E-state index contributed by atoms with van der Waals surface area (Å²) < 4.78 is 5.13. The molecule has 1 aliphatic rings. The summed E-state index contributed by atoms with van der Waals surface area (Å²) in [4.78, 5) is 14.3. The second-order valence-electron chi connectivity index (χ2n) is 5.51. The summed E-state index contributed by atoms with van der Waals surface area (Å²) in [5.74, 6) is 0.774. The van der Waals surface area contributed by atoms with Gasteiger partial charge in [-0.15, -0.1) is 0 Å². The van der Waals surface area contributed by atoms with Gasteiger partial charge in [0.2, 0.25) is 0 Å². The number of hydrogen-bond donors (Lipinski definition) is 1. The largest absolute Gasteiger partial charge is 0.361 e. The van der Waals surface area contributed by atoms with Gasteiger partial charge in [0.25, 0.3) is 0 Å². The first-order chi connectivity index (χ1) is 10.1. The Labute approximate surface area is 123 Å². The SMILES string of the molecule is Cc1cccc(NC(=O)N2CCC[C@H]2c2cc(C)on2)c1. The molecule has 1 atom stereocenters. The monoisotopic (exact) mass is 285 g/mol. The number of hydrogen-bond acceptors (Lipinski definition) is 3. The third kappa shape index (κ3) is 2.91. The van der Waals surface area contributed by atoms with Gasteiger partial charge in [0.1, 0.15) is 11.5 Å². The molecule has 1 saturated heterocycles. The lowest BCUT2D eigenvalue weighted by atomic mass is 10.1. The van der Waals surface area contributed by atoms with Gasteiger partial charge in [-0.05, 0) is 44.4 Å². The van der Waals surface area contributed by atoms with E-state index in [4.69, 9.17) is 4.52 Å². The number of anilines is 1. The van der Waals surface area contributed by atoms with Crippen LogP contribution in [0.2, 0.25) is 0 Å². The number of urea groups is 1. The Morgan fingerprint density at radius 2 is 2.24 bits per heavy atom. The van der Waals surface area contributed by atoms with E-state index < -0.39 is 0 Å². The third-order valence-corrected chi connectivity index (χ3v) is 3.77. The Bertz CT molecular complexity index is 650. The van der Waals surface area contributed by atoms with E-state index in [1.807, 2.05) is 49.1 Å². The molecule has 2 aromatic rings. The van der Waals surface area contributed by atoms with Crippen molar-refractivity contribution in [2.75, 3.05) is 11.9 Å². The van der Waals surface area contributed by atoms with Crippen LogP contribution in [-0.2, 0) is 0 Å². The Hall–Kier alpha value is -2.30. The van der Waals surface area contributed by atoms with Crippen molar-refractivity contribution in [3.63, 3.8) is 0 Å². The zero-order valence-corrected chi connectivity index (χ0v) is 12.3. The second kappa shape index (κ2) is 5.60. The summed E-state index contributed by atoms with van der Waals surface area (Å²) in [6, 6.07) is 9.64. The van der Waals surface area contributed by atoms with Crippen molar-refractivity contribution in [2.45, 2.75) is 32.7 Å². The molecular formula is C16H19N3O2. The molecule has 1 aliphatic heterocycles. The summed E-state index contributed by atoms with van der Waals surface area (Å²) in [7, 11) is 0. The molecule has 1 fully saturated rings. The fourth-order valence-electron chi connectivity index (χ4n) is 2.78. The molecule has 0 spiro atoms. The highest BCUT2D eigenvalue weighted by atomic mass is 16.5. The number of carbonyl (C=O) groups excluding carboxylic acids is 1. The van der Waals surface area contributed by atoms with Crippen molar-refractivity contribution in [1.29, 1.82) is 0 Å². The molecule has 0 unspecified atom stereocenters. The van der Waals surface area contributed by atoms with E-state index in [0.717, 1.165) is 42.1 Å².